The Morgan fingerprint density at radius 1 is 1.16 bits per heavy atom. The van der Waals surface area contributed by atoms with Crippen molar-refractivity contribution in [2.45, 2.75) is 31.7 Å². The van der Waals surface area contributed by atoms with E-state index in [9.17, 15) is 5.11 Å². The highest BCUT2D eigenvalue weighted by molar-refractivity contribution is 6.18. The molecule has 0 bridgehead atoms. The normalized spacial score (nSPS) is 13.8. The number of hydrogen-bond acceptors (Lipinski definition) is 3. The van der Waals surface area contributed by atoms with Gasteiger partial charge in [0.25, 0.3) is 5.82 Å². The Morgan fingerprint density at radius 3 is 2.56 bits per heavy atom. The molecule has 5 nitrogen and oxygen atoms in total. The molecule has 0 spiro atoms. The van der Waals surface area contributed by atoms with Crippen LogP contribution in [0.3, 0.4) is 0 Å². The lowest BCUT2D eigenvalue weighted by molar-refractivity contribution is -0.687. The van der Waals surface area contributed by atoms with Crippen LogP contribution in [-0.2, 0) is 13.1 Å². The van der Waals surface area contributed by atoms with E-state index < -0.39 is 6.10 Å². The fourth-order valence-corrected chi connectivity index (χ4v) is 3.05. The van der Waals surface area contributed by atoms with Gasteiger partial charge in [-0.3, -0.25) is 0 Å². The predicted octanol–water partition coefficient (Wildman–Crippen LogP) is 1.62. The number of hydrogen-bond donors (Lipinski definition) is 3. The maximum atomic E-state index is 9.94. The molecule has 1 heterocycles. The van der Waals surface area contributed by atoms with Gasteiger partial charge in [0.05, 0.1) is 17.5 Å². The summed E-state index contributed by atoms with van der Waals surface area (Å²) in [6, 6.07) is 10.2. The number of aliphatic hydroxyl groups is 2. The summed E-state index contributed by atoms with van der Waals surface area (Å²) < 4.78 is 4.15. The summed E-state index contributed by atoms with van der Waals surface area (Å²) in [4.78, 5) is 0. The summed E-state index contributed by atoms with van der Waals surface area (Å²) in [5.74, 6) is 1.67. The van der Waals surface area contributed by atoms with E-state index in [1.807, 2.05) is 47.3 Å². The lowest BCUT2D eigenvalue weighted by Crippen LogP contribution is -2.47. The lowest BCUT2D eigenvalue weighted by Gasteiger charge is -2.15. The SMILES string of the molecule is OCCCNC(CCl)C[n+]1ccn(CC(O)CCl)c1-c1ccccc1. The van der Waals surface area contributed by atoms with E-state index in [0.29, 0.717) is 25.4 Å². The van der Waals surface area contributed by atoms with Crippen LogP contribution in [-0.4, -0.2) is 51.8 Å². The maximum absolute atomic E-state index is 9.94. The van der Waals surface area contributed by atoms with E-state index >= 15 is 0 Å². The maximum Gasteiger partial charge on any atom is 0.288 e. The van der Waals surface area contributed by atoms with Crippen molar-refractivity contribution in [2.75, 3.05) is 24.9 Å². The summed E-state index contributed by atoms with van der Waals surface area (Å²) in [6.07, 6.45) is 4.05. The van der Waals surface area contributed by atoms with Gasteiger partial charge in [0.15, 0.2) is 0 Å². The van der Waals surface area contributed by atoms with Crippen molar-refractivity contribution in [3.8, 4) is 11.4 Å². The lowest BCUT2D eigenvalue weighted by atomic mass is 10.2. The largest absolute Gasteiger partial charge is 0.396 e. The summed E-state index contributed by atoms with van der Waals surface area (Å²) in [7, 11) is 0. The monoisotopic (exact) mass is 386 g/mol. The smallest absolute Gasteiger partial charge is 0.288 e. The van der Waals surface area contributed by atoms with Gasteiger partial charge in [0.2, 0.25) is 0 Å². The molecule has 0 fully saturated rings. The number of halogens is 2. The molecule has 7 heteroatoms. The number of aliphatic hydroxyl groups excluding tert-OH is 2. The first kappa shape index (κ1) is 20.2. The number of rotatable bonds is 11. The van der Waals surface area contributed by atoms with E-state index in [1.54, 1.807) is 0 Å². The molecule has 0 saturated carbocycles. The Kier molecular flexibility index (Phi) is 8.72. The van der Waals surface area contributed by atoms with Crippen LogP contribution in [0.25, 0.3) is 11.4 Å². The third kappa shape index (κ3) is 5.97. The first-order valence-electron chi connectivity index (χ1n) is 8.47. The molecule has 2 rings (SSSR count). The van der Waals surface area contributed by atoms with Crippen LogP contribution in [0, 0.1) is 0 Å². The number of nitrogens with zero attached hydrogens (tertiary/aromatic N) is 2. The van der Waals surface area contributed by atoms with Gasteiger partial charge in [-0.15, -0.1) is 23.2 Å². The third-order valence-corrected chi connectivity index (χ3v) is 4.69. The van der Waals surface area contributed by atoms with Gasteiger partial charge in [-0.2, -0.15) is 0 Å². The van der Waals surface area contributed by atoms with Crippen LogP contribution in [0.5, 0.6) is 0 Å². The highest BCUT2D eigenvalue weighted by atomic mass is 35.5. The molecule has 0 amide bonds. The van der Waals surface area contributed by atoms with Crippen molar-refractivity contribution in [3.63, 3.8) is 0 Å². The minimum atomic E-state index is -0.600. The number of imidazole rings is 1. The molecule has 1 aromatic heterocycles. The highest BCUT2D eigenvalue weighted by Gasteiger charge is 2.23. The quantitative estimate of drug-likeness (QED) is 0.312. The van der Waals surface area contributed by atoms with Crippen LogP contribution in [0.15, 0.2) is 42.7 Å². The van der Waals surface area contributed by atoms with Crippen LogP contribution in [0.4, 0.5) is 0 Å². The van der Waals surface area contributed by atoms with Crippen LogP contribution in [0.1, 0.15) is 6.42 Å². The Labute approximate surface area is 158 Å². The second-order valence-electron chi connectivity index (χ2n) is 5.98. The topological polar surface area (TPSA) is 61.3 Å². The zero-order valence-corrected chi connectivity index (χ0v) is 15.7. The van der Waals surface area contributed by atoms with E-state index in [0.717, 1.165) is 17.9 Å². The molecule has 0 saturated heterocycles. The molecule has 3 N–H and O–H groups in total. The Hall–Kier alpha value is -1.11. The van der Waals surface area contributed by atoms with E-state index in [2.05, 4.69) is 9.88 Å². The summed E-state index contributed by atoms with van der Waals surface area (Å²) >= 11 is 11.9. The van der Waals surface area contributed by atoms with E-state index in [4.69, 9.17) is 28.3 Å². The van der Waals surface area contributed by atoms with Gasteiger partial charge in [0, 0.05) is 12.5 Å². The van der Waals surface area contributed by atoms with Crippen molar-refractivity contribution < 1.29 is 14.8 Å². The van der Waals surface area contributed by atoms with Crippen LogP contribution in [0.2, 0.25) is 0 Å². The molecule has 0 aliphatic heterocycles. The van der Waals surface area contributed by atoms with Gasteiger partial charge in [-0.25, -0.2) is 9.13 Å². The predicted molar refractivity (Wildman–Crippen MR) is 101 cm³/mol. The zero-order chi connectivity index (χ0) is 18.1. The molecule has 138 valence electrons. The number of nitrogens with one attached hydrogen (secondary N) is 1. The molecular formula is C18H26Cl2N3O2+. The van der Waals surface area contributed by atoms with Gasteiger partial charge in [0.1, 0.15) is 31.6 Å². The van der Waals surface area contributed by atoms with E-state index in [-0.39, 0.29) is 18.5 Å². The van der Waals surface area contributed by atoms with Crippen molar-refractivity contribution in [1.82, 2.24) is 9.88 Å². The average molecular weight is 387 g/mol. The summed E-state index contributed by atoms with van der Waals surface area (Å²) in [5, 5.41) is 22.2. The second kappa shape index (κ2) is 10.8. The zero-order valence-electron chi connectivity index (χ0n) is 14.2. The molecule has 0 radical (unpaired) electrons. The second-order valence-corrected chi connectivity index (χ2v) is 6.60. The van der Waals surface area contributed by atoms with Crippen molar-refractivity contribution in [1.29, 1.82) is 0 Å². The van der Waals surface area contributed by atoms with Crippen LogP contribution >= 0.6 is 23.2 Å². The fraction of sp³-hybridized carbons (Fsp3) is 0.500. The minimum Gasteiger partial charge on any atom is -0.396 e. The van der Waals surface area contributed by atoms with Crippen molar-refractivity contribution in [3.05, 3.63) is 42.7 Å². The van der Waals surface area contributed by atoms with Crippen molar-refractivity contribution in [2.24, 2.45) is 0 Å². The Bertz CT molecular complexity index is 622. The van der Waals surface area contributed by atoms with Crippen molar-refractivity contribution >= 4 is 23.2 Å². The average Bonchev–Trinajstić information content (AvgIpc) is 3.03. The fourth-order valence-electron chi connectivity index (χ4n) is 2.75. The molecule has 0 aliphatic rings. The van der Waals surface area contributed by atoms with Gasteiger partial charge < -0.3 is 15.5 Å². The third-order valence-electron chi connectivity index (χ3n) is 3.96. The summed E-state index contributed by atoms with van der Waals surface area (Å²) in [6.45, 7) is 2.02. The number of alkyl halides is 2. The molecular weight excluding hydrogens is 361 g/mol. The Morgan fingerprint density at radius 2 is 1.92 bits per heavy atom. The standard InChI is InChI=1S/C18H26Cl2N3O2/c19-11-16(21-7-4-10-24)13-22-8-9-23(14-17(25)12-20)18(22)15-5-2-1-3-6-15/h1-3,5-6,8-9,16-17,21,24-25H,4,7,10-14H2/q+1. The van der Waals surface area contributed by atoms with E-state index in [1.165, 1.54) is 0 Å². The number of benzene rings is 1. The molecule has 25 heavy (non-hydrogen) atoms. The van der Waals surface area contributed by atoms with Gasteiger partial charge >= 0.3 is 0 Å². The minimum absolute atomic E-state index is 0.0921. The Balaban J connectivity index is 2.24. The number of aromatic nitrogens is 2. The highest BCUT2D eigenvalue weighted by Crippen LogP contribution is 2.16. The van der Waals surface area contributed by atoms with Gasteiger partial charge in [-0.1, -0.05) is 18.2 Å². The molecule has 1 aromatic carbocycles. The molecule has 2 atom stereocenters. The van der Waals surface area contributed by atoms with Crippen LogP contribution < -0.4 is 9.88 Å². The van der Waals surface area contributed by atoms with Gasteiger partial charge in [-0.05, 0) is 25.1 Å². The summed E-state index contributed by atoms with van der Waals surface area (Å²) in [5.41, 5.74) is 1.07. The molecule has 2 aromatic rings. The molecule has 0 aliphatic carbocycles. The first-order chi connectivity index (χ1) is 12.2. The molecule has 2 unspecified atom stereocenters. The first-order valence-corrected chi connectivity index (χ1v) is 9.54.